The summed E-state index contributed by atoms with van der Waals surface area (Å²) in [5, 5.41) is 0. The van der Waals surface area contributed by atoms with Gasteiger partial charge < -0.3 is 11.5 Å². The van der Waals surface area contributed by atoms with E-state index in [1.807, 2.05) is 0 Å². The van der Waals surface area contributed by atoms with E-state index in [1.165, 1.54) is 12.1 Å². The number of halogens is 4. The Labute approximate surface area is 120 Å². The quantitative estimate of drug-likeness (QED) is 0.662. The van der Waals surface area contributed by atoms with Gasteiger partial charge in [0.25, 0.3) is 5.91 Å². The molecule has 0 saturated heterocycles. The number of nitrogens with zero attached hydrogens (tertiary/aromatic N) is 1. The van der Waals surface area contributed by atoms with Gasteiger partial charge in [-0.3, -0.25) is 4.79 Å². The van der Waals surface area contributed by atoms with Gasteiger partial charge in [0.15, 0.2) is 5.96 Å². The molecule has 0 aliphatic heterocycles. The van der Waals surface area contributed by atoms with Crippen LogP contribution in [0.4, 0.5) is 13.2 Å². The molecule has 0 heterocycles. The first kappa shape index (κ1) is 18.2. The number of carbonyl (C=O) groups excluding carboxylic acids is 1. The van der Waals surface area contributed by atoms with Crippen molar-refractivity contribution in [1.29, 1.82) is 0 Å². The van der Waals surface area contributed by atoms with Crippen molar-refractivity contribution in [1.82, 2.24) is 0 Å². The summed E-state index contributed by atoms with van der Waals surface area (Å²) in [5.41, 5.74) is 9.79. The molecule has 4 nitrogen and oxygen atoms in total. The third-order valence-electron chi connectivity index (χ3n) is 2.46. The summed E-state index contributed by atoms with van der Waals surface area (Å²) in [7, 11) is 0. The van der Waals surface area contributed by atoms with Crippen molar-refractivity contribution in [3.8, 4) is 0 Å². The van der Waals surface area contributed by atoms with E-state index in [0.29, 0.717) is 5.56 Å². The summed E-state index contributed by atoms with van der Waals surface area (Å²) in [6, 6.07) is 4.82. The zero-order valence-corrected chi connectivity index (χ0v) is 11.5. The zero-order valence-electron chi connectivity index (χ0n) is 10.6. The van der Waals surface area contributed by atoms with Crippen LogP contribution in [-0.2, 0) is 17.4 Å². The van der Waals surface area contributed by atoms with Gasteiger partial charge in [0.1, 0.15) is 0 Å². The Balaban J connectivity index is 0.00000361. The van der Waals surface area contributed by atoms with Crippen LogP contribution in [0.1, 0.15) is 18.1 Å². The van der Waals surface area contributed by atoms with Gasteiger partial charge in [-0.15, -0.1) is 12.4 Å². The van der Waals surface area contributed by atoms with Gasteiger partial charge in [-0.05, 0) is 18.1 Å². The van der Waals surface area contributed by atoms with Crippen molar-refractivity contribution in [2.45, 2.75) is 19.5 Å². The lowest BCUT2D eigenvalue weighted by molar-refractivity contribution is -0.137. The molecule has 1 rings (SSSR count). The number of alkyl halides is 3. The molecule has 0 aliphatic carbocycles. The summed E-state index contributed by atoms with van der Waals surface area (Å²) in [5.74, 6) is -1.51. The summed E-state index contributed by atoms with van der Waals surface area (Å²) in [6.07, 6.45) is -4.26. The van der Waals surface area contributed by atoms with E-state index in [2.05, 4.69) is 4.99 Å². The molecular formula is C12H15ClF3N3O. The molecule has 0 spiro atoms. The fourth-order valence-corrected chi connectivity index (χ4v) is 1.55. The fourth-order valence-electron chi connectivity index (χ4n) is 1.55. The second-order valence-corrected chi connectivity index (χ2v) is 4.18. The first-order valence-electron chi connectivity index (χ1n) is 5.49. The molecule has 1 aromatic rings. The fraction of sp³-hybridized carbons (Fsp3) is 0.333. The van der Waals surface area contributed by atoms with Gasteiger partial charge in [0.05, 0.1) is 5.56 Å². The van der Waals surface area contributed by atoms with Crippen molar-refractivity contribution in [3.05, 3.63) is 35.4 Å². The molecular weight excluding hydrogens is 295 g/mol. The second-order valence-electron chi connectivity index (χ2n) is 4.18. The highest BCUT2D eigenvalue weighted by molar-refractivity contribution is 5.92. The highest BCUT2D eigenvalue weighted by Crippen LogP contribution is 2.30. The summed E-state index contributed by atoms with van der Waals surface area (Å²) in [6.45, 7) is 1.55. The van der Waals surface area contributed by atoms with Gasteiger partial charge in [-0.1, -0.05) is 25.1 Å². The lowest BCUT2D eigenvalue weighted by Crippen LogP contribution is -2.26. The normalized spacial score (nSPS) is 12.2. The summed E-state index contributed by atoms with van der Waals surface area (Å²) >= 11 is 0. The van der Waals surface area contributed by atoms with E-state index < -0.39 is 23.6 Å². The smallest absolute Gasteiger partial charge is 0.370 e. The third kappa shape index (κ3) is 5.48. The number of benzene rings is 1. The molecule has 112 valence electrons. The van der Waals surface area contributed by atoms with E-state index >= 15 is 0 Å². The van der Waals surface area contributed by atoms with Crippen molar-refractivity contribution in [3.63, 3.8) is 0 Å². The van der Waals surface area contributed by atoms with E-state index in [0.717, 1.165) is 12.1 Å². The van der Waals surface area contributed by atoms with Gasteiger partial charge >= 0.3 is 6.18 Å². The van der Waals surface area contributed by atoms with Crippen LogP contribution < -0.4 is 11.5 Å². The number of nitrogens with two attached hydrogens (primary N) is 2. The Bertz CT molecular complexity index is 499. The third-order valence-corrected chi connectivity index (χ3v) is 2.46. The second kappa shape index (κ2) is 7.14. The highest BCUT2D eigenvalue weighted by Gasteiger charge is 2.30. The van der Waals surface area contributed by atoms with Crippen LogP contribution in [0, 0.1) is 5.92 Å². The van der Waals surface area contributed by atoms with Crippen molar-refractivity contribution >= 4 is 24.3 Å². The Morgan fingerprint density at radius 1 is 1.35 bits per heavy atom. The lowest BCUT2D eigenvalue weighted by atomic mass is 9.99. The average Bonchev–Trinajstić information content (AvgIpc) is 2.27. The molecule has 1 aromatic carbocycles. The van der Waals surface area contributed by atoms with Crippen molar-refractivity contribution in [2.75, 3.05) is 0 Å². The number of amides is 1. The molecule has 0 radical (unpaired) electrons. The topological polar surface area (TPSA) is 81.5 Å². The molecule has 8 heteroatoms. The summed E-state index contributed by atoms with van der Waals surface area (Å²) < 4.78 is 37.5. The van der Waals surface area contributed by atoms with Gasteiger partial charge in [0, 0.05) is 5.92 Å². The minimum absolute atomic E-state index is 0. The van der Waals surface area contributed by atoms with Crippen molar-refractivity contribution < 1.29 is 18.0 Å². The standard InChI is InChI=1S/C12H14F3N3O.ClH/c1-7(10(19)18-11(16)17)5-8-3-2-4-9(6-8)12(13,14)15;/h2-4,6-7H,5H2,1H3,(H4,16,17,18,19);1H. The van der Waals surface area contributed by atoms with E-state index in [9.17, 15) is 18.0 Å². The Morgan fingerprint density at radius 2 is 1.95 bits per heavy atom. The maximum atomic E-state index is 12.5. The molecule has 0 fully saturated rings. The number of aliphatic imine (C=N–C) groups is 1. The van der Waals surface area contributed by atoms with Crippen LogP contribution in [0.5, 0.6) is 0 Å². The van der Waals surface area contributed by atoms with E-state index in [4.69, 9.17) is 11.5 Å². The molecule has 0 aliphatic rings. The highest BCUT2D eigenvalue weighted by atomic mass is 35.5. The zero-order chi connectivity index (χ0) is 14.6. The Kier molecular flexibility index (Phi) is 6.51. The molecule has 0 aromatic heterocycles. The Morgan fingerprint density at radius 3 is 2.45 bits per heavy atom. The monoisotopic (exact) mass is 309 g/mol. The average molecular weight is 310 g/mol. The number of guanidine groups is 1. The van der Waals surface area contributed by atoms with Gasteiger partial charge in [-0.2, -0.15) is 18.2 Å². The molecule has 1 atom stereocenters. The number of hydrogen-bond acceptors (Lipinski definition) is 1. The molecule has 4 N–H and O–H groups in total. The predicted molar refractivity (Wildman–Crippen MR) is 72.4 cm³/mol. The van der Waals surface area contributed by atoms with E-state index in [-0.39, 0.29) is 24.8 Å². The van der Waals surface area contributed by atoms with Gasteiger partial charge in [0.2, 0.25) is 0 Å². The Hall–Kier alpha value is -1.76. The van der Waals surface area contributed by atoms with Crippen LogP contribution in [0.15, 0.2) is 29.3 Å². The molecule has 0 bridgehead atoms. The first-order chi connectivity index (χ1) is 8.70. The van der Waals surface area contributed by atoms with Crippen LogP contribution in [0.2, 0.25) is 0 Å². The molecule has 0 saturated carbocycles. The summed E-state index contributed by atoms with van der Waals surface area (Å²) in [4.78, 5) is 14.8. The maximum Gasteiger partial charge on any atom is 0.416 e. The lowest BCUT2D eigenvalue weighted by Gasteiger charge is -2.11. The maximum absolute atomic E-state index is 12.5. The molecule has 20 heavy (non-hydrogen) atoms. The van der Waals surface area contributed by atoms with Crippen LogP contribution in [-0.4, -0.2) is 11.9 Å². The van der Waals surface area contributed by atoms with E-state index in [1.54, 1.807) is 6.92 Å². The van der Waals surface area contributed by atoms with Crippen LogP contribution in [0.25, 0.3) is 0 Å². The van der Waals surface area contributed by atoms with Crippen molar-refractivity contribution in [2.24, 2.45) is 22.4 Å². The van der Waals surface area contributed by atoms with Crippen LogP contribution in [0.3, 0.4) is 0 Å². The first-order valence-corrected chi connectivity index (χ1v) is 5.49. The minimum Gasteiger partial charge on any atom is -0.370 e. The van der Waals surface area contributed by atoms with Crippen LogP contribution >= 0.6 is 12.4 Å². The number of rotatable bonds is 3. The largest absolute Gasteiger partial charge is 0.416 e. The number of hydrogen-bond donors (Lipinski definition) is 2. The predicted octanol–water partition coefficient (Wildman–Crippen LogP) is 2.11. The number of carbonyl (C=O) groups is 1. The minimum atomic E-state index is -4.40. The molecule has 1 unspecified atom stereocenters. The van der Waals surface area contributed by atoms with Gasteiger partial charge in [-0.25, -0.2) is 0 Å². The molecule has 1 amide bonds. The SMILES string of the molecule is CC(Cc1cccc(C(F)(F)F)c1)C(=O)N=C(N)N.Cl.